The van der Waals surface area contributed by atoms with Gasteiger partial charge in [0.15, 0.2) is 0 Å². The maximum atomic E-state index is 13.7. The van der Waals surface area contributed by atoms with E-state index in [9.17, 15) is 4.39 Å². The van der Waals surface area contributed by atoms with E-state index in [0.29, 0.717) is 5.56 Å². The van der Waals surface area contributed by atoms with Gasteiger partial charge >= 0.3 is 0 Å². The fraction of sp³-hybridized carbons (Fsp3) is 0.500. The van der Waals surface area contributed by atoms with Gasteiger partial charge in [-0.1, -0.05) is 6.07 Å². The van der Waals surface area contributed by atoms with Crippen molar-refractivity contribution < 1.29 is 9.50 Å². The van der Waals surface area contributed by atoms with Crippen LogP contribution in [0.1, 0.15) is 24.9 Å². The van der Waals surface area contributed by atoms with Gasteiger partial charge in [0.25, 0.3) is 0 Å². The molecular formula is C12H18FNOS. The Morgan fingerprint density at radius 3 is 2.88 bits per heavy atom. The predicted molar refractivity (Wildman–Crippen MR) is 66.3 cm³/mol. The lowest BCUT2D eigenvalue weighted by Crippen LogP contribution is -2.15. The van der Waals surface area contributed by atoms with Gasteiger partial charge in [-0.05, 0) is 32.5 Å². The lowest BCUT2D eigenvalue weighted by molar-refractivity contribution is 0.296. The maximum absolute atomic E-state index is 13.7. The standard InChI is InChI=1S/C12H18FNOS/c1-9(14-2)12-10(13)5-3-6-11(12)16-8-4-7-15/h3,5-6,9,14-15H,4,7-8H2,1-2H3. The van der Waals surface area contributed by atoms with Gasteiger partial charge in [0, 0.05) is 28.9 Å². The van der Waals surface area contributed by atoms with Crippen molar-refractivity contribution in [2.45, 2.75) is 24.3 Å². The molecule has 1 rings (SSSR count). The first-order valence-electron chi connectivity index (χ1n) is 5.40. The highest BCUT2D eigenvalue weighted by atomic mass is 32.2. The first-order valence-corrected chi connectivity index (χ1v) is 6.38. The highest BCUT2D eigenvalue weighted by Gasteiger charge is 2.13. The number of aliphatic hydroxyl groups excluding tert-OH is 1. The van der Waals surface area contributed by atoms with Crippen LogP contribution in [0.15, 0.2) is 23.1 Å². The van der Waals surface area contributed by atoms with Gasteiger partial charge in [-0.25, -0.2) is 4.39 Å². The molecule has 1 aromatic carbocycles. The molecule has 1 unspecified atom stereocenters. The minimum Gasteiger partial charge on any atom is -0.396 e. The first kappa shape index (κ1) is 13.5. The monoisotopic (exact) mass is 243 g/mol. The molecule has 0 fully saturated rings. The fourth-order valence-corrected chi connectivity index (χ4v) is 2.55. The van der Waals surface area contributed by atoms with Crippen LogP contribution in [-0.4, -0.2) is 24.5 Å². The Morgan fingerprint density at radius 2 is 2.25 bits per heavy atom. The highest BCUT2D eigenvalue weighted by molar-refractivity contribution is 7.99. The molecule has 0 aliphatic rings. The second-order valence-corrected chi connectivity index (χ2v) is 4.72. The van der Waals surface area contributed by atoms with Crippen LogP contribution in [-0.2, 0) is 0 Å². The van der Waals surface area contributed by atoms with E-state index in [2.05, 4.69) is 5.32 Å². The number of benzene rings is 1. The molecule has 1 aromatic rings. The first-order chi connectivity index (χ1) is 7.70. The smallest absolute Gasteiger partial charge is 0.129 e. The Balaban J connectivity index is 2.85. The zero-order chi connectivity index (χ0) is 12.0. The molecule has 0 spiro atoms. The molecular weight excluding hydrogens is 225 g/mol. The number of halogens is 1. The molecule has 0 saturated heterocycles. The minimum atomic E-state index is -0.171. The topological polar surface area (TPSA) is 32.3 Å². The van der Waals surface area contributed by atoms with Crippen molar-refractivity contribution >= 4 is 11.8 Å². The quantitative estimate of drug-likeness (QED) is 0.595. The van der Waals surface area contributed by atoms with Gasteiger partial charge in [-0.2, -0.15) is 0 Å². The number of hydrogen-bond acceptors (Lipinski definition) is 3. The van der Waals surface area contributed by atoms with E-state index in [1.807, 2.05) is 20.0 Å². The molecule has 0 aliphatic carbocycles. The highest BCUT2D eigenvalue weighted by Crippen LogP contribution is 2.29. The van der Waals surface area contributed by atoms with Gasteiger partial charge < -0.3 is 10.4 Å². The summed E-state index contributed by atoms with van der Waals surface area (Å²) < 4.78 is 13.7. The van der Waals surface area contributed by atoms with Crippen LogP contribution in [0, 0.1) is 5.82 Å². The summed E-state index contributed by atoms with van der Waals surface area (Å²) in [4.78, 5) is 0.954. The van der Waals surface area contributed by atoms with Crippen LogP contribution >= 0.6 is 11.8 Å². The molecule has 0 aliphatic heterocycles. The third-order valence-electron chi connectivity index (χ3n) is 2.44. The molecule has 0 radical (unpaired) electrons. The Morgan fingerprint density at radius 1 is 1.50 bits per heavy atom. The Kier molecular flexibility index (Phi) is 5.80. The number of hydrogen-bond donors (Lipinski definition) is 2. The van der Waals surface area contributed by atoms with E-state index < -0.39 is 0 Å². The second kappa shape index (κ2) is 6.89. The van der Waals surface area contributed by atoms with Gasteiger partial charge in [0.1, 0.15) is 5.82 Å². The molecule has 16 heavy (non-hydrogen) atoms. The summed E-state index contributed by atoms with van der Waals surface area (Å²) in [5.74, 6) is 0.638. The zero-order valence-corrected chi connectivity index (χ0v) is 10.5. The fourth-order valence-electron chi connectivity index (χ4n) is 1.45. The van der Waals surface area contributed by atoms with Gasteiger partial charge in [0.2, 0.25) is 0 Å². The number of thioether (sulfide) groups is 1. The predicted octanol–water partition coefficient (Wildman–Crippen LogP) is 2.58. The summed E-state index contributed by atoms with van der Waals surface area (Å²) in [6.45, 7) is 2.12. The van der Waals surface area contributed by atoms with Crippen LogP contribution in [0.5, 0.6) is 0 Å². The molecule has 2 nitrogen and oxygen atoms in total. The summed E-state index contributed by atoms with van der Waals surface area (Å²) in [5.41, 5.74) is 0.716. The number of nitrogens with one attached hydrogen (secondary N) is 1. The van der Waals surface area contributed by atoms with Crippen LogP contribution in [0.25, 0.3) is 0 Å². The SMILES string of the molecule is CNC(C)c1c(F)cccc1SCCCO. The van der Waals surface area contributed by atoms with Gasteiger partial charge in [0.05, 0.1) is 0 Å². The van der Waals surface area contributed by atoms with E-state index in [1.54, 1.807) is 17.8 Å². The third kappa shape index (κ3) is 3.47. The summed E-state index contributed by atoms with van der Waals surface area (Å²) in [7, 11) is 1.82. The Bertz CT molecular complexity index is 333. The van der Waals surface area contributed by atoms with Crippen molar-refractivity contribution in [3.05, 3.63) is 29.6 Å². The molecule has 0 amide bonds. The molecule has 0 bridgehead atoms. The average molecular weight is 243 g/mol. The number of rotatable bonds is 6. The zero-order valence-electron chi connectivity index (χ0n) is 9.66. The largest absolute Gasteiger partial charge is 0.396 e. The van der Waals surface area contributed by atoms with Crippen molar-refractivity contribution in [2.75, 3.05) is 19.4 Å². The lowest BCUT2D eigenvalue weighted by Gasteiger charge is -2.16. The Labute approximate surface area is 100 Å². The lowest BCUT2D eigenvalue weighted by atomic mass is 10.1. The summed E-state index contributed by atoms with van der Waals surface area (Å²) >= 11 is 1.59. The molecule has 4 heteroatoms. The third-order valence-corrected chi connectivity index (χ3v) is 3.60. The van der Waals surface area contributed by atoms with Crippen LogP contribution in [0.4, 0.5) is 4.39 Å². The Hall–Kier alpha value is -0.580. The minimum absolute atomic E-state index is 0.00201. The number of aliphatic hydroxyl groups is 1. The maximum Gasteiger partial charge on any atom is 0.129 e. The van der Waals surface area contributed by atoms with Crippen molar-refractivity contribution in [2.24, 2.45) is 0 Å². The van der Waals surface area contributed by atoms with Gasteiger partial charge in [-0.3, -0.25) is 0 Å². The van der Waals surface area contributed by atoms with Gasteiger partial charge in [-0.15, -0.1) is 11.8 Å². The van der Waals surface area contributed by atoms with Crippen LogP contribution < -0.4 is 5.32 Å². The molecule has 90 valence electrons. The molecule has 1 atom stereocenters. The molecule has 0 heterocycles. The summed E-state index contributed by atoms with van der Waals surface area (Å²) in [6, 6.07) is 5.13. The van der Waals surface area contributed by atoms with Crippen LogP contribution in [0.2, 0.25) is 0 Å². The van der Waals surface area contributed by atoms with E-state index >= 15 is 0 Å². The molecule has 0 saturated carbocycles. The molecule has 0 aromatic heterocycles. The van der Waals surface area contributed by atoms with E-state index in [0.717, 1.165) is 17.1 Å². The second-order valence-electron chi connectivity index (χ2n) is 3.59. The molecule has 2 N–H and O–H groups in total. The van der Waals surface area contributed by atoms with Crippen molar-refractivity contribution in [3.63, 3.8) is 0 Å². The van der Waals surface area contributed by atoms with Crippen LogP contribution in [0.3, 0.4) is 0 Å². The van der Waals surface area contributed by atoms with E-state index in [4.69, 9.17) is 5.11 Å². The van der Waals surface area contributed by atoms with E-state index in [1.165, 1.54) is 6.07 Å². The normalized spacial score (nSPS) is 12.8. The van der Waals surface area contributed by atoms with Crippen molar-refractivity contribution in [1.82, 2.24) is 5.32 Å². The van der Waals surface area contributed by atoms with Crippen molar-refractivity contribution in [1.29, 1.82) is 0 Å². The summed E-state index contributed by atoms with van der Waals surface area (Å²) in [5, 5.41) is 11.8. The summed E-state index contributed by atoms with van der Waals surface area (Å²) in [6.07, 6.45) is 0.731. The van der Waals surface area contributed by atoms with Crippen molar-refractivity contribution in [3.8, 4) is 0 Å². The van der Waals surface area contributed by atoms with E-state index in [-0.39, 0.29) is 18.5 Å². The average Bonchev–Trinajstić information content (AvgIpc) is 2.29.